The van der Waals surface area contributed by atoms with Crippen LogP contribution in [-0.4, -0.2) is 24.0 Å². The standard InChI is InChI=1S/C14H27N/c1-4-6-8-11(7-5-2)13-14(15(13)3)12-9-10-12/h11-14H,4-10H2,1-3H3/t11?,13-,14?,15?/m0/s1. The highest BCUT2D eigenvalue weighted by Crippen LogP contribution is 2.49. The van der Waals surface area contributed by atoms with Gasteiger partial charge in [0, 0.05) is 12.1 Å². The van der Waals surface area contributed by atoms with Crippen molar-refractivity contribution in [1.82, 2.24) is 4.90 Å². The van der Waals surface area contributed by atoms with Crippen LogP contribution in [0, 0.1) is 11.8 Å². The Bertz CT molecular complexity index is 198. The van der Waals surface area contributed by atoms with Gasteiger partial charge in [0.1, 0.15) is 0 Å². The minimum absolute atomic E-state index is 0.962. The van der Waals surface area contributed by atoms with Crippen molar-refractivity contribution in [2.24, 2.45) is 11.8 Å². The summed E-state index contributed by atoms with van der Waals surface area (Å²) >= 11 is 0. The van der Waals surface area contributed by atoms with Gasteiger partial charge >= 0.3 is 0 Å². The van der Waals surface area contributed by atoms with Gasteiger partial charge in [0.2, 0.25) is 0 Å². The first-order chi connectivity index (χ1) is 7.29. The van der Waals surface area contributed by atoms with Crippen LogP contribution in [0.3, 0.4) is 0 Å². The first kappa shape index (κ1) is 11.4. The molecular weight excluding hydrogens is 182 g/mol. The lowest BCUT2D eigenvalue weighted by atomic mass is 9.91. The third kappa shape index (κ3) is 2.55. The Kier molecular flexibility index (Phi) is 3.71. The van der Waals surface area contributed by atoms with Crippen LogP contribution in [0.5, 0.6) is 0 Å². The molecule has 2 rings (SSSR count). The Labute approximate surface area is 95.2 Å². The summed E-state index contributed by atoms with van der Waals surface area (Å²) in [5.41, 5.74) is 0. The smallest absolute Gasteiger partial charge is 0.0283 e. The van der Waals surface area contributed by atoms with Crippen molar-refractivity contribution in [3.05, 3.63) is 0 Å². The number of likely N-dealkylation sites (N-methyl/N-ethyl adjacent to an activating group) is 1. The molecule has 3 unspecified atom stereocenters. The van der Waals surface area contributed by atoms with Gasteiger partial charge in [-0.2, -0.15) is 0 Å². The van der Waals surface area contributed by atoms with Crippen molar-refractivity contribution in [3.63, 3.8) is 0 Å². The summed E-state index contributed by atoms with van der Waals surface area (Å²) in [6.45, 7) is 4.66. The zero-order chi connectivity index (χ0) is 10.8. The van der Waals surface area contributed by atoms with E-state index < -0.39 is 0 Å². The molecule has 2 aliphatic rings. The molecule has 0 spiro atoms. The topological polar surface area (TPSA) is 3.01 Å². The SMILES string of the molecule is CCCCC(CCC)[C@H]1C(C2CC2)N1C. The molecular formula is C14H27N. The Hall–Kier alpha value is -0.0400. The minimum atomic E-state index is 0.962. The molecule has 88 valence electrons. The van der Waals surface area contributed by atoms with Crippen molar-refractivity contribution in [1.29, 1.82) is 0 Å². The van der Waals surface area contributed by atoms with Gasteiger partial charge in [-0.3, -0.25) is 4.90 Å². The molecule has 1 nitrogen and oxygen atoms in total. The quantitative estimate of drug-likeness (QED) is 0.578. The Balaban J connectivity index is 1.81. The van der Waals surface area contributed by atoms with E-state index >= 15 is 0 Å². The van der Waals surface area contributed by atoms with E-state index in [1.807, 2.05) is 0 Å². The third-order valence-corrected chi connectivity index (χ3v) is 4.38. The molecule has 0 N–H and O–H groups in total. The number of nitrogens with zero attached hydrogens (tertiary/aromatic N) is 1. The first-order valence-corrected chi connectivity index (χ1v) is 7.01. The molecule has 1 saturated carbocycles. The second-order valence-electron chi connectivity index (χ2n) is 5.68. The number of rotatable bonds is 7. The molecule has 1 saturated heterocycles. The largest absolute Gasteiger partial charge is 0.297 e. The molecule has 0 aromatic rings. The Morgan fingerprint density at radius 3 is 2.40 bits per heavy atom. The summed E-state index contributed by atoms with van der Waals surface area (Å²) in [6.07, 6.45) is 10.1. The fourth-order valence-corrected chi connectivity index (χ4v) is 3.37. The summed E-state index contributed by atoms with van der Waals surface area (Å²) in [5.74, 6) is 2.09. The van der Waals surface area contributed by atoms with Gasteiger partial charge in [-0.15, -0.1) is 0 Å². The summed E-state index contributed by atoms with van der Waals surface area (Å²) in [7, 11) is 2.35. The number of hydrogen-bond acceptors (Lipinski definition) is 1. The number of unbranched alkanes of at least 4 members (excludes halogenated alkanes) is 1. The monoisotopic (exact) mass is 209 g/mol. The van der Waals surface area contributed by atoms with Crippen LogP contribution in [0.25, 0.3) is 0 Å². The normalized spacial score (nSPS) is 36.6. The van der Waals surface area contributed by atoms with Gasteiger partial charge in [0.05, 0.1) is 0 Å². The zero-order valence-electron chi connectivity index (χ0n) is 10.7. The predicted molar refractivity (Wildman–Crippen MR) is 66.0 cm³/mol. The zero-order valence-corrected chi connectivity index (χ0v) is 10.7. The maximum absolute atomic E-state index is 2.66. The Morgan fingerprint density at radius 2 is 1.87 bits per heavy atom. The minimum Gasteiger partial charge on any atom is -0.297 e. The van der Waals surface area contributed by atoms with Crippen molar-refractivity contribution < 1.29 is 0 Å². The summed E-state index contributed by atoms with van der Waals surface area (Å²) in [6, 6.07) is 1.95. The lowest BCUT2D eigenvalue weighted by Crippen LogP contribution is -2.13. The second kappa shape index (κ2) is 4.86. The molecule has 0 aromatic heterocycles. The van der Waals surface area contributed by atoms with Crippen LogP contribution in [0.2, 0.25) is 0 Å². The molecule has 0 bridgehead atoms. The molecule has 4 atom stereocenters. The van der Waals surface area contributed by atoms with E-state index in [1.165, 1.54) is 44.9 Å². The fourth-order valence-electron chi connectivity index (χ4n) is 3.37. The van der Waals surface area contributed by atoms with Crippen LogP contribution in [-0.2, 0) is 0 Å². The molecule has 15 heavy (non-hydrogen) atoms. The number of hydrogen-bond donors (Lipinski definition) is 0. The molecule has 1 aliphatic heterocycles. The summed E-state index contributed by atoms with van der Waals surface area (Å²) in [4.78, 5) is 2.66. The molecule has 1 heterocycles. The van der Waals surface area contributed by atoms with Crippen molar-refractivity contribution in [3.8, 4) is 0 Å². The van der Waals surface area contributed by atoms with E-state index in [0.717, 1.165) is 23.9 Å². The average Bonchev–Trinajstić information content (AvgIpc) is 3.08. The van der Waals surface area contributed by atoms with E-state index in [1.54, 1.807) is 0 Å². The highest BCUT2D eigenvalue weighted by Gasteiger charge is 2.55. The first-order valence-electron chi connectivity index (χ1n) is 7.01. The molecule has 2 fully saturated rings. The molecule has 0 radical (unpaired) electrons. The van der Waals surface area contributed by atoms with E-state index in [9.17, 15) is 0 Å². The van der Waals surface area contributed by atoms with Crippen LogP contribution in [0.15, 0.2) is 0 Å². The molecule has 1 aliphatic carbocycles. The van der Waals surface area contributed by atoms with Crippen molar-refractivity contribution >= 4 is 0 Å². The summed E-state index contributed by atoms with van der Waals surface area (Å²) < 4.78 is 0. The molecule has 0 aromatic carbocycles. The lowest BCUT2D eigenvalue weighted by molar-refractivity contribution is 0.378. The molecule has 1 heteroatoms. The van der Waals surface area contributed by atoms with Crippen molar-refractivity contribution in [2.75, 3.05) is 7.05 Å². The van der Waals surface area contributed by atoms with Crippen LogP contribution in [0.4, 0.5) is 0 Å². The van der Waals surface area contributed by atoms with Gasteiger partial charge in [-0.25, -0.2) is 0 Å². The highest BCUT2D eigenvalue weighted by atomic mass is 15.3. The van der Waals surface area contributed by atoms with E-state index in [0.29, 0.717) is 0 Å². The van der Waals surface area contributed by atoms with Crippen LogP contribution >= 0.6 is 0 Å². The fraction of sp³-hybridized carbons (Fsp3) is 1.00. The van der Waals surface area contributed by atoms with Gasteiger partial charge in [0.25, 0.3) is 0 Å². The lowest BCUT2D eigenvalue weighted by Gasteiger charge is -2.15. The van der Waals surface area contributed by atoms with Gasteiger partial charge in [-0.05, 0) is 44.6 Å². The second-order valence-corrected chi connectivity index (χ2v) is 5.68. The van der Waals surface area contributed by atoms with E-state index in [-0.39, 0.29) is 0 Å². The Morgan fingerprint density at radius 1 is 1.13 bits per heavy atom. The van der Waals surface area contributed by atoms with Crippen LogP contribution in [0.1, 0.15) is 58.8 Å². The highest BCUT2D eigenvalue weighted by molar-refractivity contribution is 5.10. The van der Waals surface area contributed by atoms with Gasteiger partial charge in [-0.1, -0.05) is 33.1 Å². The van der Waals surface area contributed by atoms with Crippen molar-refractivity contribution in [2.45, 2.75) is 70.9 Å². The van der Waals surface area contributed by atoms with Gasteiger partial charge < -0.3 is 0 Å². The maximum atomic E-state index is 2.66. The maximum Gasteiger partial charge on any atom is 0.0283 e. The van der Waals surface area contributed by atoms with E-state index in [2.05, 4.69) is 25.8 Å². The van der Waals surface area contributed by atoms with Crippen LogP contribution < -0.4 is 0 Å². The summed E-state index contributed by atoms with van der Waals surface area (Å²) in [5, 5.41) is 0. The molecule has 0 amide bonds. The average molecular weight is 209 g/mol. The third-order valence-electron chi connectivity index (χ3n) is 4.38. The van der Waals surface area contributed by atoms with E-state index in [4.69, 9.17) is 0 Å². The van der Waals surface area contributed by atoms with Gasteiger partial charge in [0.15, 0.2) is 0 Å². The predicted octanol–water partition coefficient (Wildman–Crippen LogP) is 3.69.